The minimum Gasteiger partial charge on any atom is -0.493 e. The van der Waals surface area contributed by atoms with Gasteiger partial charge in [-0.3, -0.25) is 4.79 Å². The maximum absolute atomic E-state index is 14.3. The third kappa shape index (κ3) is 4.16. The number of halogens is 2. The molecule has 1 aliphatic heterocycles. The number of aromatic nitrogens is 2. The van der Waals surface area contributed by atoms with E-state index in [2.05, 4.69) is 24.0 Å². The summed E-state index contributed by atoms with van der Waals surface area (Å²) in [6.07, 6.45) is 0.162. The Hall–Kier alpha value is -2.93. The molecule has 4 rings (SSSR count). The summed E-state index contributed by atoms with van der Waals surface area (Å²) < 4.78 is 25.4. The van der Waals surface area contributed by atoms with Crippen molar-refractivity contribution in [3.05, 3.63) is 59.2 Å². The van der Waals surface area contributed by atoms with Crippen LogP contribution in [0.25, 0.3) is 11.4 Å². The molecule has 1 amide bonds. The Bertz CT molecular complexity index is 1050. The molecule has 1 saturated heterocycles. The molecule has 0 N–H and O–H groups in total. The van der Waals surface area contributed by atoms with E-state index in [1.165, 1.54) is 17.0 Å². The van der Waals surface area contributed by atoms with Crippen LogP contribution in [0.15, 0.2) is 47.0 Å². The first-order chi connectivity index (χ1) is 14.4. The number of anilines is 1. The van der Waals surface area contributed by atoms with E-state index in [9.17, 15) is 9.18 Å². The minimum atomic E-state index is -0.612. The van der Waals surface area contributed by atoms with Gasteiger partial charge in [0, 0.05) is 18.5 Å². The number of benzene rings is 2. The zero-order valence-electron chi connectivity index (χ0n) is 16.6. The Morgan fingerprint density at radius 3 is 2.77 bits per heavy atom. The van der Waals surface area contributed by atoms with Crippen LogP contribution in [-0.4, -0.2) is 29.2 Å². The van der Waals surface area contributed by atoms with Gasteiger partial charge in [-0.25, -0.2) is 4.39 Å². The summed E-state index contributed by atoms with van der Waals surface area (Å²) in [6.45, 7) is 5.07. The van der Waals surface area contributed by atoms with Gasteiger partial charge in [0.25, 0.3) is 0 Å². The van der Waals surface area contributed by atoms with Gasteiger partial charge in [-0.1, -0.05) is 36.7 Å². The minimum absolute atomic E-state index is 0.0235. The summed E-state index contributed by atoms with van der Waals surface area (Å²) in [7, 11) is 0. The normalized spacial score (nSPS) is 16.5. The van der Waals surface area contributed by atoms with Crippen LogP contribution in [0.5, 0.6) is 5.75 Å². The van der Waals surface area contributed by atoms with Crippen molar-refractivity contribution in [1.82, 2.24) is 10.1 Å². The molecule has 0 aliphatic carbocycles. The fourth-order valence-electron chi connectivity index (χ4n) is 3.29. The highest BCUT2D eigenvalue weighted by molar-refractivity contribution is 6.31. The van der Waals surface area contributed by atoms with Gasteiger partial charge in [0.15, 0.2) is 5.82 Å². The third-order valence-electron chi connectivity index (χ3n) is 4.83. The van der Waals surface area contributed by atoms with E-state index < -0.39 is 5.82 Å². The number of rotatable bonds is 6. The standard InChI is InChI=1S/C22H21ClFN3O3/c1-13(2)12-29-16-8-6-14(7-9-16)21-25-22(30-26-21)15-10-19(28)27(11-15)18-5-3-4-17(23)20(18)24/h3-9,13,15H,10-12H2,1-2H3. The molecule has 1 atom stereocenters. The lowest BCUT2D eigenvalue weighted by atomic mass is 10.1. The molecule has 0 saturated carbocycles. The Balaban J connectivity index is 1.48. The first-order valence-electron chi connectivity index (χ1n) is 9.73. The maximum Gasteiger partial charge on any atom is 0.232 e. The highest BCUT2D eigenvalue weighted by Gasteiger charge is 2.36. The van der Waals surface area contributed by atoms with Gasteiger partial charge in [0.2, 0.25) is 17.6 Å². The van der Waals surface area contributed by atoms with Crippen molar-refractivity contribution in [2.24, 2.45) is 5.92 Å². The zero-order valence-corrected chi connectivity index (χ0v) is 17.4. The van der Waals surface area contributed by atoms with Crippen LogP contribution in [0, 0.1) is 11.7 Å². The third-order valence-corrected chi connectivity index (χ3v) is 5.13. The lowest BCUT2D eigenvalue weighted by Gasteiger charge is -2.17. The summed E-state index contributed by atoms with van der Waals surface area (Å²) in [6, 6.07) is 12.0. The molecule has 1 fully saturated rings. The van der Waals surface area contributed by atoms with E-state index in [0.717, 1.165) is 11.3 Å². The summed E-state index contributed by atoms with van der Waals surface area (Å²) in [5.41, 5.74) is 0.940. The molecule has 1 unspecified atom stereocenters. The van der Waals surface area contributed by atoms with Gasteiger partial charge in [0.1, 0.15) is 5.75 Å². The fraction of sp³-hybridized carbons (Fsp3) is 0.318. The number of amides is 1. The quantitative estimate of drug-likeness (QED) is 0.546. The van der Waals surface area contributed by atoms with Crippen LogP contribution in [0.3, 0.4) is 0 Å². The molecular formula is C22H21ClFN3O3. The molecule has 0 bridgehead atoms. The molecule has 2 heterocycles. The molecule has 1 aliphatic rings. The molecule has 8 heteroatoms. The Morgan fingerprint density at radius 2 is 2.03 bits per heavy atom. The van der Waals surface area contributed by atoms with E-state index in [1.807, 2.05) is 24.3 Å². The van der Waals surface area contributed by atoms with E-state index in [0.29, 0.717) is 24.2 Å². The lowest BCUT2D eigenvalue weighted by molar-refractivity contribution is -0.117. The molecule has 30 heavy (non-hydrogen) atoms. The van der Waals surface area contributed by atoms with Crippen LogP contribution in [0.2, 0.25) is 5.02 Å². The molecular weight excluding hydrogens is 409 g/mol. The van der Waals surface area contributed by atoms with Gasteiger partial charge in [-0.2, -0.15) is 4.98 Å². The Kier molecular flexibility index (Phi) is 5.72. The zero-order chi connectivity index (χ0) is 21.3. The summed E-state index contributed by atoms with van der Waals surface area (Å²) in [5.74, 6) is 0.858. The topological polar surface area (TPSA) is 68.5 Å². The van der Waals surface area contributed by atoms with Crippen LogP contribution in [0.1, 0.15) is 32.1 Å². The van der Waals surface area contributed by atoms with Gasteiger partial charge < -0.3 is 14.2 Å². The molecule has 0 spiro atoms. The van der Waals surface area contributed by atoms with Crippen LogP contribution in [0.4, 0.5) is 10.1 Å². The van der Waals surface area contributed by atoms with E-state index >= 15 is 0 Å². The first-order valence-corrected chi connectivity index (χ1v) is 10.1. The Labute approximate surface area is 178 Å². The second kappa shape index (κ2) is 8.44. The van der Waals surface area contributed by atoms with Crippen molar-refractivity contribution in [2.45, 2.75) is 26.2 Å². The summed E-state index contributed by atoms with van der Waals surface area (Å²) >= 11 is 5.85. The highest BCUT2D eigenvalue weighted by atomic mass is 35.5. The van der Waals surface area contributed by atoms with E-state index in [4.69, 9.17) is 20.9 Å². The molecule has 2 aromatic carbocycles. The van der Waals surface area contributed by atoms with Crippen molar-refractivity contribution in [1.29, 1.82) is 0 Å². The first kappa shape index (κ1) is 20.3. The van der Waals surface area contributed by atoms with Crippen LogP contribution in [-0.2, 0) is 4.79 Å². The Morgan fingerprint density at radius 1 is 1.27 bits per heavy atom. The maximum atomic E-state index is 14.3. The summed E-state index contributed by atoms with van der Waals surface area (Å²) in [4.78, 5) is 18.3. The van der Waals surface area contributed by atoms with Gasteiger partial charge in [-0.05, 0) is 42.3 Å². The predicted molar refractivity (Wildman–Crippen MR) is 111 cm³/mol. The predicted octanol–water partition coefficient (Wildman–Crippen LogP) is 5.08. The van der Waals surface area contributed by atoms with Gasteiger partial charge in [-0.15, -0.1) is 0 Å². The second-order valence-electron chi connectivity index (χ2n) is 7.66. The smallest absolute Gasteiger partial charge is 0.232 e. The molecule has 3 aromatic rings. The summed E-state index contributed by atoms with van der Waals surface area (Å²) in [5, 5.41) is 4.01. The number of hydrogen-bond acceptors (Lipinski definition) is 5. The van der Waals surface area contributed by atoms with Gasteiger partial charge >= 0.3 is 0 Å². The monoisotopic (exact) mass is 429 g/mol. The van der Waals surface area contributed by atoms with Gasteiger partial charge in [0.05, 0.1) is 23.2 Å². The number of carbonyl (C=O) groups excluding carboxylic acids is 1. The van der Waals surface area contributed by atoms with Crippen molar-refractivity contribution in [3.8, 4) is 17.1 Å². The van der Waals surface area contributed by atoms with E-state index in [-0.39, 0.29) is 35.5 Å². The number of ether oxygens (including phenoxy) is 1. The molecule has 6 nitrogen and oxygen atoms in total. The fourth-order valence-corrected chi connectivity index (χ4v) is 3.46. The number of hydrogen-bond donors (Lipinski definition) is 0. The SMILES string of the molecule is CC(C)COc1ccc(-c2noc(C3CC(=O)N(c4cccc(Cl)c4F)C3)n2)cc1. The molecule has 156 valence electrons. The van der Waals surface area contributed by atoms with E-state index in [1.54, 1.807) is 6.07 Å². The highest BCUT2D eigenvalue weighted by Crippen LogP contribution is 2.35. The second-order valence-corrected chi connectivity index (χ2v) is 8.07. The average Bonchev–Trinajstić information content (AvgIpc) is 3.36. The largest absolute Gasteiger partial charge is 0.493 e. The number of carbonyl (C=O) groups is 1. The molecule has 1 aromatic heterocycles. The van der Waals surface area contributed by atoms with Crippen molar-refractivity contribution < 1.29 is 18.4 Å². The van der Waals surface area contributed by atoms with Crippen LogP contribution < -0.4 is 9.64 Å². The van der Waals surface area contributed by atoms with Crippen molar-refractivity contribution >= 4 is 23.2 Å². The molecule has 0 radical (unpaired) electrons. The number of nitrogens with zero attached hydrogens (tertiary/aromatic N) is 3. The lowest BCUT2D eigenvalue weighted by Crippen LogP contribution is -2.25. The van der Waals surface area contributed by atoms with Crippen LogP contribution >= 0.6 is 11.6 Å². The van der Waals surface area contributed by atoms with Crippen molar-refractivity contribution in [2.75, 3.05) is 18.1 Å². The van der Waals surface area contributed by atoms with Crippen molar-refractivity contribution in [3.63, 3.8) is 0 Å². The average molecular weight is 430 g/mol.